The Balaban J connectivity index is 1.83. The SMILES string of the molecule is CCC(CC1CC1)NC(=O)Nc1cccc(N)c1. The molecule has 0 bridgehead atoms. The molecule has 1 aromatic rings. The molecule has 0 aliphatic heterocycles. The quantitative estimate of drug-likeness (QED) is 0.700. The Morgan fingerprint density at radius 2 is 2.28 bits per heavy atom. The molecular weight excluding hydrogens is 226 g/mol. The van der Waals surface area contributed by atoms with Gasteiger partial charge in [0.2, 0.25) is 0 Å². The second-order valence-electron chi connectivity index (χ2n) is 5.01. The number of anilines is 2. The zero-order valence-corrected chi connectivity index (χ0v) is 10.8. The van der Waals surface area contributed by atoms with Gasteiger partial charge in [-0.05, 0) is 37.0 Å². The van der Waals surface area contributed by atoms with Crippen LogP contribution >= 0.6 is 0 Å². The van der Waals surface area contributed by atoms with Crippen LogP contribution in [0.25, 0.3) is 0 Å². The molecule has 2 amide bonds. The Bertz CT molecular complexity index is 415. The van der Waals surface area contributed by atoms with Crippen LogP contribution in [-0.4, -0.2) is 12.1 Å². The minimum absolute atomic E-state index is 0.145. The van der Waals surface area contributed by atoms with Crippen molar-refractivity contribution in [2.24, 2.45) is 5.92 Å². The number of nitrogens with one attached hydrogen (secondary N) is 2. The summed E-state index contributed by atoms with van der Waals surface area (Å²) >= 11 is 0. The molecular formula is C14H21N3O. The summed E-state index contributed by atoms with van der Waals surface area (Å²) in [5.41, 5.74) is 7.05. The second-order valence-corrected chi connectivity index (χ2v) is 5.01. The molecule has 4 N–H and O–H groups in total. The van der Waals surface area contributed by atoms with E-state index in [1.807, 2.05) is 12.1 Å². The van der Waals surface area contributed by atoms with E-state index in [2.05, 4.69) is 17.6 Å². The van der Waals surface area contributed by atoms with E-state index in [-0.39, 0.29) is 12.1 Å². The molecule has 4 heteroatoms. The molecule has 4 nitrogen and oxygen atoms in total. The van der Waals surface area contributed by atoms with Crippen LogP contribution in [0.4, 0.5) is 16.2 Å². The Morgan fingerprint density at radius 1 is 1.50 bits per heavy atom. The van der Waals surface area contributed by atoms with Gasteiger partial charge in [-0.25, -0.2) is 4.79 Å². The summed E-state index contributed by atoms with van der Waals surface area (Å²) in [6.07, 6.45) is 4.70. The highest BCUT2D eigenvalue weighted by Crippen LogP contribution is 2.34. The minimum Gasteiger partial charge on any atom is -0.399 e. The van der Waals surface area contributed by atoms with E-state index in [0.717, 1.165) is 24.4 Å². The lowest BCUT2D eigenvalue weighted by molar-refractivity contribution is 0.247. The number of benzene rings is 1. The number of nitrogens with two attached hydrogens (primary N) is 1. The van der Waals surface area contributed by atoms with Crippen LogP contribution < -0.4 is 16.4 Å². The molecule has 1 aliphatic rings. The summed E-state index contributed by atoms with van der Waals surface area (Å²) in [5.74, 6) is 0.822. The molecule has 0 saturated heterocycles. The Kier molecular flexibility index (Phi) is 4.07. The molecule has 1 saturated carbocycles. The van der Waals surface area contributed by atoms with Gasteiger partial charge in [0.25, 0.3) is 0 Å². The monoisotopic (exact) mass is 247 g/mol. The number of urea groups is 1. The number of hydrogen-bond donors (Lipinski definition) is 3. The standard InChI is InChI=1S/C14H21N3O/c1-2-12(8-10-6-7-10)16-14(18)17-13-5-3-4-11(15)9-13/h3-5,9-10,12H,2,6-8,15H2,1H3,(H2,16,17,18). The van der Waals surface area contributed by atoms with Crippen molar-refractivity contribution >= 4 is 17.4 Å². The van der Waals surface area contributed by atoms with Crippen molar-refractivity contribution < 1.29 is 4.79 Å². The lowest BCUT2D eigenvalue weighted by atomic mass is 10.1. The van der Waals surface area contributed by atoms with E-state index in [9.17, 15) is 4.79 Å². The molecule has 0 radical (unpaired) electrons. The third-order valence-electron chi connectivity index (χ3n) is 3.29. The molecule has 1 aliphatic carbocycles. The average molecular weight is 247 g/mol. The van der Waals surface area contributed by atoms with Crippen LogP contribution in [-0.2, 0) is 0 Å². The van der Waals surface area contributed by atoms with E-state index in [0.29, 0.717) is 5.69 Å². The van der Waals surface area contributed by atoms with Gasteiger partial charge in [0.05, 0.1) is 0 Å². The summed E-state index contributed by atoms with van der Waals surface area (Å²) in [4.78, 5) is 11.8. The number of rotatable bonds is 5. The third-order valence-corrected chi connectivity index (χ3v) is 3.29. The van der Waals surface area contributed by atoms with Crippen LogP contribution in [0, 0.1) is 5.92 Å². The van der Waals surface area contributed by atoms with Crippen LogP contribution in [0.5, 0.6) is 0 Å². The maximum atomic E-state index is 11.8. The zero-order chi connectivity index (χ0) is 13.0. The van der Waals surface area contributed by atoms with Crippen LogP contribution in [0.3, 0.4) is 0 Å². The van der Waals surface area contributed by atoms with Gasteiger partial charge >= 0.3 is 6.03 Å². The highest BCUT2D eigenvalue weighted by molar-refractivity contribution is 5.89. The summed E-state index contributed by atoms with van der Waals surface area (Å²) in [7, 11) is 0. The number of hydrogen-bond acceptors (Lipinski definition) is 2. The summed E-state index contributed by atoms with van der Waals surface area (Å²) < 4.78 is 0. The fourth-order valence-electron chi connectivity index (χ4n) is 2.05. The lowest BCUT2D eigenvalue weighted by Gasteiger charge is -2.17. The molecule has 0 aromatic heterocycles. The highest BCUT2D eigenvalue weighted by atomic mass is 16.2. The van der Waals surface area contributed by atoms with Crippen LogP contribution in [0.2, 0.25) is 0 Å². The van der Waals surface area contributed by atoms with Gasteiger partial charge in [-0.1, -0.05) is 25.8 Å². The fourth-order valence-corrected chi connectivity index (χ4v) is 2.05. The highest BCUT2D eigenvalue weighted by Gasteiger charge is 2.25. The van der Waals surface area contributed by atoms with Crippen LogP contribution in [0.15, 0.2) is 24.3 Å². The lowest BCUT2D eigenvalue weighted by Crippen LogP contribution is -2.37. The largest absolute Gasteiger partial charge is 0.399 e. The van der Waals surface area contributed by atoms with E-state index in [4.69, 9.17) is 5.73 Å². The predicted molar refractivity (Wildman–Crippen MR) is 74.4 cm³/mol. The van der Waals surface area contributed by atoms with Crippen molar-refractivity contribution in [3.63, 3.8) is 0 Å². The molecule has 1 atom stereocenters. The molecule has 98 valence electrons. The van der Waals surface area contributed by atoms with Crippen molar-refractivity contribution in [3.05, 3.63) is 24.3 Å². The third kappa shape index (κ3) is 3.95. The topological polar surface area (TPSA) is 67.2 Å². The fraction of sp³-hybridized carbons (Fsp3) is 0.500. The first-order valence-corrected chi connectivity index (χ1v) is 6.60. The van der Waals surface area contributed by atoms with Crippen molar-refractivity contribution in [2.75, 3.05) is 11.1 Å². The molecule has 18 heavy (non-hydrogen) atoms. The van der Waals surface area contributed by atoms with E-state index in [1.54, 1.807) is 12.1 Å². The number of carbonyl (C=O) groups is 1. The Labute approximate surface area is 108 Å². The van der Waals surface area contributed by atoms with Crippen molar-refractivity contribution in [1.29, 1.82) is 0 Å². The van der Waals surface area contributed by atoms with E-state index >= 15 is 0 Å². The zero-order valence-electron chi connectivity index (χ0n) is 10.8. The van der Waals surface area contributed by atoms with Crippen molar-refractivity contribution in [1.82, 2.24) is 5.32 Å². The summed E-state index contributed by atoms with van der Waals surface area (Å²) in [5, 5.41) is 5.83. The first-order valence-electron chi connectivity index (χ1n) is 6.60. The van der Waals surface area contributed by atoms with Gasteiger partial charge in [0.1, 0.15) is 0 Å². The van der Waals surface area contributed by atoms with Crippen LogP contribution in [0.1, 0.15) is 32.6 Å². The Morgan fingerprint density at radius 3 is 2.89 bits per heavy atom. The molecule has 1 aromatic carbocycles. The maximum Gasteiger partial charge on any atom is 0.319 e. The summed E-state index contributed by atoms with van der Waals surface area (Å²) in [6.45, 7) is 2.10. The van der Waals surface area contributed by atoms with Crippen molar-refractivity contribution in [2.45, 2.75) is 38.6 Å². The predicted octanol–water partition coefficient (Wildman–Crippen LogP) is 2.97. The second kappa shape index (κ2) is 5.76. The number of nitrogen functional groups attached to an aromatic ring is 1. The smallest absolute Gasteiger partial charge is 0.319 e. The minimum atomic E-state index is -0.145. The van der Waals surface area contributed by atoms with Gasteiger partial charge in [0.15, 0.2) is 0 Å². The number of carbonyl (C=O) groups excluding carboxylic acids is 1. The van der Waals surface area contributed by atoms with Crippen molar-refractivity contribution in [3.8, 4) is 0 Å². The molecule has 0 spiro atoms. The van der Waals surface area contributed by atoms with Gasteiger partial charge < -0.3 is 16.4 Å². The van der Waals surface area contributed by atoms with Gasteiger partial charge in [-0.3, -0.25) is 0 Å². The van der Waals surface area contributed by atoms with Gasteiger partial charge in [-0.2, -0.15) is 0 Å². The first-order chi connectivity index (χ1) is 8.67. The molecule has 2 rings (SSSR count). The maximum absolute atomic E-state index is 11.8. The van der Waals surface area contributed by atoms with Gasteiger partial charge in [-0.15, -0.1) is 0 Å². The average Bonchev–Trinajstić information content (AvgIpc) is 3.12. The molecule has 1 fully saturated rings. The van der Waals surface area contributed by atoms with E-state index in [1.165, 1.54) is 12.8 Å². The number of amides is 2. The van der Waals surface area contributed by atoms with E-state index < -0.39 is 0 Å². The normalized spacial score (nSPS) is 16.1. The molecule has 1 unspecified atom stereocenters. The first kappa shape index (κ1) is 12.7. The molecule has 0 heterocycles. The van der Waals surface area contributed by atoms with Gasteiger partial charge in [0, 0.05) is 17.4 Å². The Hall–Kier alpha value is -1.71. The summed E-state index contributed by atoms with van der Waals surface area (Å²) in [6, 6.07) is 7.34.